The van der Waals surface area contributed by atoms with Gasteiger partial charge < -0.3 is 9.67 Å². The van der Waals surface area contributed by atoms with E-state index in [-0.39, 0.29) is 17.3 Å². The molecule has 0 saturated heterocycles. The van der Waals surface area contributed by atoms with Crippen LogP contribution in [0.4, 0.5) is 13.2 Å². The lowest BCUT2D eigenvalue weighted by molar-refractivity contribution is -0.137. The van der Waals surface area contributed by atoms with Gasteiger partial charge in [0.05, 0.1) is 10.6 Å². The van der Waals surface area contributed by atoms with Crippen LogP contribution in [-0.2, 0) is 12.7 Å². The first-order valence-corrected chi connectivity index (χ1v) is 5.90. The van der Waals surface area contributed by atoms with E-state index >= 15 is 0 Å². The van der Waals surface area contributed by atoms with E-state index in [1.807, 2.05) is 0 Å². The van der Waals surface area contributed by atoms with Gasteiger partial charge in [-0.25, -0.2) is 4.79 Å². The third-order valence-corrected chi connectivity index (χ3v) is 2.90. The third-order valence-electron chi connectivity index (χ3n) is 2.69. The van der Waals surface area contributed by atoms with Crippen LogP contribution in [-0.4, -0.2) is 15.6 Å². The second kappa shape index (κ2) is 5.20. The largest absolute Gasteiger partial charge is 0.477 e. The van der Waals surface area contributed by atoms with Crippen LogP contribution >= 0.6 is 11.6 Å². The molecule has 1 aromatic carbocycles. The Morgan fingerprint density at radius 3 is 2.60 bits per heavy atom. The number of aromatic carboxylic acids is 1. The van der Waals surface area contributed by atoms with E-state index in [0.717, 1.165) is 12.1 Å². The smallest absolute Gasteiger partial charge is 0.416 e. The molecule has 20 heavy (non-hydrogen) atoms. The van der Waals surface area contributed by atoms with E-state index in [4.69, 9.17) is 16.7 Å². The van der Waals surface area contributed by atoms with Crippen molar-refractivity contribution >= 4 is 17.6 Å². The van der Waals surface area contributed by atoms with Gasteiger partial charge in [-0.2, -0.15) is 13.2 Å². The Labute approximate surface area is 117 Å². The van der Waals surface area contributed by atoms with Gasteiger partial charge in [0.15, 0.2) is 0 Å². The first-order valence-electron chi connectivity index (χ1n) is 5.52. The molecule has 3 nitrogen and oxygen atoms in total. The van der Waals surface area contributed by atoms with Crippen molar-refractivity contribution in [1.29, 1.82) is 0 Å². The lowest BCUT2D eigenvalue weighted by Gasteiger charge is -2.10. The maximum atomic E-state index is 12.6. The van der Waals surface area contributed by atoms with Crippen LogP contribution in [0.3, 0.4) is 0 Å². The van der Waals surface area contributed by atoms with Gasteiger partial charge in [0.1, 0.15) is 5.69 Å². The zero-order chi connectivity index (χ0) is 14.9. The van der Waals surface area contributed by atoms with Crippen molar-refractivity contribution in [2.75, 3.05) is 0 Å². The molecule has 1 heterocycles. The monoisotopic (exact) mass is 303 g/mol. The lowest BCUT2D eigenvalue weighted by atomic mass is 10.1. The number of halogens is 4. The number of hydrogen-bond acceptors (Lipinski definition) is 1. The molecular formula is C13H9ClF3NO2. The molecule has 0 aliphatic rings. The number of carbonyl (C=O) groups is 1. The van der Waals surface area contributed by atoms with Crippen molar-refractivity contribution in [3.8, 4) is 0 Å². The number of hydrogen-bond donors (Lipinski definition) is 1. The van der Waals surface area contributed by atoms with Crippen LogP contribution in [0.2, 0.25) is 5.02 Å². The molecule has 0 aliphatic heterocycles. The molecule has 0 atom stereocenters. The fraction of sp³-hybridized carbons (Fsp3) is 0.154. The summed E-state index contributed by atoms with van der Waals surface area (Å²) in [5.41, 5.74) is -0.507. The van der Waals surface area contributed by atoms with Gasteiger partial charge >= 0.3 is 12.1 Å². The van der Waals surface area contributed by atoms with E-state index in [0.29, 0.717) is 5.56 Å². The number of carboxylic acid groups (broad SMARTS) is 1. The number of alkyl halides is 3. The quantitative estimate of drug-likeness (QED) is 0.934. The van der Waals surface area contributed by atoms with Gasteiger partial charge in [0.25, 0.3) is 0 Å². The van der Waals surface area contributed by atoms with E-state index in [9.17, 15) is 18.0 Å². The second-order valence-corrected chi connectivity index (χ2v) is 4.61. The minimum Gasteiger partial charge on any atom is -0.477 e. The normalized spacial score (nSPS) is 11.6. The minimum absolute atomic E-state index is 0.00171. The zero-order valence-electron chi connectivity index (χ0n) is 9.99. The lowest BCUT2D eigenvalue weighted by Crippen LogP contribution is -2.10. The van der Waals surface area contributed by atoms with Crippen molar-refractivity contribution in [1.82, 2.24) is 4.57 Å². The number of nitrogens with zero attached hydrogens (tertiary/aromatic N) is 1. The Bertz CT molecular complexity index is 649. The molecule has 0 saturated carbocycles. The SMILES string of the molecule is O=C(O)c1cc(Cl)cn1Cc1cccc(C(F)(F)F)c1. The van der Waals surface area contributed by atoms with Crippen molar-refractivity contribution in [2.45, 2.75) is 12.7 Å². The van der Waals surface area contributed by atoms with E-state index in [1.165, 1.54) is 29.0 Å². The van der Waals surface area contributed by atoms with Crippen LogP contribution in [0.5, 0.6) is 0 Å². The molecule has 1 aromatic heterocycles. The highest BCUT2D eigenvalue weighted by molar-refractivity contribution is 6.30. The topological polar surface area (TPSA) is 42.2 Å². The molecule has 0 fully saturated rings. The maximum absolute atomic E-state index is 12.6. The number of rotatable bonds is 3. The van der Waals surface area contributed by atoms with Crippen LogP contribution < -0.4 is 0 Å². The first-order chi connectivity index (χ1) is 9.27. The average molecular weight is 304 g/mol. The van der Waals surface area contributed by atoms with Gasteiger partial charge in [0.2, 0.25) is 0 Å². The Morgan fingerprint density at radius 1 is 1.30 bits per heavy atom. The molecule has 0 aliphatic carbocycles. The Balaban J connectivity index is 2.33. The van der Waals surface area contributed by atoms with Gasteiger partial charge in [-0.3, -0.25) is 0 Å². The van der Waals surface area contributed by atoms with E-state index in [2.05, 4.69) is 0 Å². The molecule has 2 rings (SSSR count). The van der Waals surface area contributed by atoms with Crippen molar-refractivity contribution in [3.63, 3.8) is 0 Å². The van der Waals surface area contributed by atoms with Crippen molar-refractivity contribution in [3.05, 3.63) is 58.4 Å². The molecular weight excluding hydrogens is 295 g/mol. The summed E-state index contributed by atoms with van der Waals surface area (Å²) < 4.78 is 39.1. The van der Waals surface area contributed by atoms with Crippen LogP contribution in [0, 0.1) is 0 Å². The summed E-state index contributed by atoms with van der Waals surface area (Å²) in [4.78, 5) is 11.0. The number of benzene rings is 1. The summed E-state index contributed by atoms with van der Waals surface area (Å²) in [6.45, 7) is -0.00171. The molecule has 7 heteroatoms. The molecule has 106 valence electrons. The predicted molar refractivity (Wildman–Crippen MR) is 66.9 cm³/mol. The Hall–Kier alpha value is -1.95. The molecule has 0 spiro atoms. The minimum atomic E-state index is -4.43. The highest BCUT2D eigenvalue weighted by atomic mass is 35.5. The predicted octanol–water partition coefficient (Wildman–Crippen LogP) is 3.91. The average Bonchev–Trinajstić information content (AvgIpc) is 2.69. The summed E-state index contributed by atoms with van der Waals surface area (Å²) in [7, 11) is 0. The standard InChI is InChI=1S/C13H9ClF3NO2/c14-10-5-11(12(19)20)18(7-10)6-8-2-1-3-9(4-8)13(15,16)17/h1-5,7H,6H2,(H,19,20). The molecule has 0 radical (unpaired) electrons. The highest BCUT2D eigenvalue weighted by Crippen LogP contribution is 2.29. The van der Waals surface area contributed by atoms with Crippen LogP contribution in [0.1, 0.15) is 21.6 Å². The number of aromatic nitrogens is 1. The van der Waals surface area contributed by atoms with Crippen LogP contribution in [0.25, 0.3) is 0 Å². The highest BCUT2D eigenvalue weighted by Gasteiger charge is 2.30. The van der Waals surface area contributed by atoms with Crippen molar-refractivity contribution < 1.29 is 23.1 Å². The summed E-state index contributed by atoms with van der Waals surface area (Å²) in [6, 6.07) is 5.97. The van der Waals surface area contributed by atoms with Gasteiger partial charge in [-0.1, -0.05) is 23.7 Å². The number of carboxylic acids is 1. The molecule has 2 aromatic rings. The van der Waals surface area contributed by atoms with Gasteiger partial charge in [0, 0.05) is 12.7 Å². The fourth-order valence-corrected chi connectivity index (χ4v) is 2.05. The van der Waals surface area contributed by atoms with Gasteiger partial charge in [-0.15, -0.1) is 0 Å². The summed E-state index contributed by atoms with van der Waals surface area (Å²) in [5.74, 6) is -1.19. The second-order valence-electron chi connectivity index (χ2n) is 4.17. The molecule has 0 unspecified atom stereocenters. The summed E-state index contributed by atoms with van der Waals surface area (Å²) in [6.07, 6.45) is -3.06. The fourth-order valence-electron chi connectivity index (χ4n) is 1.83. The first kappa shape index (κ1) is 14.5. The summed E-state index contributed by atoms with van der Waals surface area (Å²) in [5, 5.41) is 9.20. The van der Waals surface area contributed by atoms with Crippen LogP contribution in [0.15, 0.2) is 36.5 Å². The molecule has 0 amide bonds. The molecule has 0 bridgehead atoms. The third kappa shape index (κ3) is 3.14. The van der Waals surface area contributed by atoms with Crippen molar-refractivity contribution in [2.24, 2.45) is 0 Å². The Morgan fingerprint density at radius 2 is 2.00 bits per heavy atom. The summed E-state index contributed by atoms with van der Waals surface area (Å²) >= 11 is 5.72. The maximum Gasteiger partial charge on any atom is 0.416 e. The Kier molecular flexibility index (Phi) is 3.76. The van der Waals surface area contributed by atoms with Gasteiger partial charge in [-0.05, 0) is 23.8 Å². The zero-order valence-corrected chi connectivity index (χ0v) is 10.7. The van der Waals surface area contributed by atoms with E-state index < -0.39 is 17.7 Å². The van der Waals surface area contributed by atoms with E-state index in [1.54, 1.807) is 0 Å². The molecule has 1 N–H and O–H groups in total.